The Morgan fingerprint density at radius 3 is 2.50 bits per heavy atom. The number of hydrogen-bond donors (Lipinski definition) is 2. The van der Waals surface area contributed by atoms with E-state index in [4.69, 9.17) is 5.73 Å². The fourth-order valence-electron chi connectivity index (χ4n) is 4.15. The standard InChI is InChI=1S/C23H33N6O6S/c1-16(22(24)32)6-9-21(31)26-18-8-7-17(2)29(15-20(18)30)36(34,35)28-13-11-27(12-14-28)23(33)19-5-3-4-10-25-19/h3-5,9-10,16-18H,6-8,11-15H2,1-2H3,(H2,24,32)(H,26,31)/t16-,17+,18-/m0/s1. The summed E-state index contributed by atoms with van der Waals surface area (Å²) in [7, 11) is -3.97. The molecule has 1 aromatic rings. The SMILES string of the molecule is C[C@@H]1CC[C@H](NC(=O)[CH]C[C@H](C)C(N)=O)C(=O)CN1S(=O)(=O)N1CCN(C(=O)c2ccccn2)CC1. The number of ketones is 1. The van der Waals surface area contributed by atoms with Crippen LogP contribution in [0, 0.1) is 12.3 Å². The summed E-state index contributed by atoms with van der Waals surface area (Å²) in [6.45, 7) is 3.60. The average Bonchev–Trinajstić information content (AvgIpc) is 3.01. The van der Waals surface area contributed by atoms with Gasteiger partial charge in [-0.3, -0.25) is 24.2 Å². The smallest absolute Gasteiger partial charge is 0.282 e. The highest BCUT2D eigenvalue weighted by Crippen LogP contribution is 2.22. The van der Waals surface area contributed by atoms with E-state index in [1.807, 2.05) is 0 Å². The van der Waals surface area contributed by atoms with Crippen LogP contribution in [0.3, 0.4) is 0 Å². The van der Waals surface area contributed by atoms with E-state index in [-0.39, 0.29) is 45.1 Å². The van der Waals surface area contributed by atoms with Crippen molar-refractivity contribution in [2.24, 2.45) is 11.7 Å². The molecule has 3 N–H and O–H groups in total. The van der Waals surface area contributed by atoms with Crippen LogP contribution >= 0.6 is 0 Å². The van der Waals surface area contributed by atoms with E-state index in [0.717, 1.165) is 0 Å². The number of Topliss-reactive ketones (excluding diaryl/α,β-unsaturated/α-hetero) is 1. The van der Waals surface area contributed by atoms with Gasteiger partial charge in [0.05, 0.1) is 19.0 Å². The molecule has 1 aromatic heterocycles. The number of rotatable bonds is 8. The van der Waals surface area contributed by atoms with Crippen LogP contribution in [-0.4, -0.2) is 95.2 Å². The molecule has 3 amide bonds. The summed E-state index contributed by atoms with van der Waals surface area (Å²) >= 11 is 0. The minimum absolute atomic E-state index is 0.103. The van der Waals surface area contributed by atoms with Gasteiger partial charge < -0.3 is 16.0 Å². The van der Waals surface area contributed by atoms with Gasteiger partial charge in [-0.1, -0.05) is 13.0 Å². The van der Waals surface area contributed by atoms with Gasteiger partial charge in [-0.2, -0.15) is 17.0 Å². The Bertz CT molecular complexity index is 1070. The maximum Gasteiger partial charge on any atom is 0.282 e. The van der Waals surface area contributed by atoms with Crippen molar-refractivity contribution in [1.29, 1.82) is 0 Å². The van der Waals surface area contributed by atoms with Crippen molar-refractivity contribution in [1.82, 2.24) is 23.8 Å². The number of nitrogens with two attached hydrogens (primary N) is 1. The lowest BCUT2D eigenvalue weighted by molar-refractivity contribution is -0.126. The van der Waals surface area contributed by atoms with Crippen LogP contribution < -0.4 is 11.1 Å². The van der Waals surface area contributed by atoms with Gasteiger partial charge in [-0.05, 0) is 38.3 Å². The molecule has 3 heterocycles. The fourth-order valence-corrected chi connectivity index (χ4v) is 5.92. The molecule has 0 unspecified atom stereocenters. The van der Waals surface area contributed by atoms with Crippen molar-refractivity contribution in [3.63, 3.8) is 0 Å². The second-order valence-electron chi connectivity index (χ2n) is 9.16. The van der Waals surface area contributed by atoms with E-state index in [9.17, 15) is 27.6 Å². The summed E-state index contributed by atoms with van der Waals surface area (Å²) in [6.07, 6.45) is 3.63. The summed E-state index contributed by atoms with van der Waals surface area (Å²) in [6, 6.07) is 3.76. The molecular formula is C23H33N6O6S. The number of piperazine rings is 1. The summed E-state index contributed by atoms with van der Waals surface area (Å²) in [4.78, 5) is 54.5. The number of nitrogens with zero attached hydrogens (tertiary/aromatic N) is 4. The summed E-state index contributed by atoms with van der Waals surface area (Å²) in [5.41, 5.74) is 5.50. The third-order valence-electron chi connectivity index (χ3n) is 6.56. The molecule has 0 aromatic carbocycles. The molecule has 2 saturated heterocycles. The van der Waals surface area contributed by atoms with Gasteiger partial charge in [-0.25, -0.2) is 0 Å². The molecule has 3 rings (SSSR count). The Labute approximate surface area is 211 Å². The van der Waals surface area contributed by atoms with Crippen LogP contribution in [-0.2, 0) is 24.6 Å². The predicted molar refractivity (Wildman–Crippen MR) is 130 cm³/mol. The highest BCUT2D eigenvalue weighted by Gasteiger charge is 2.40. The zero-order chi connectivity index (χ0) is 26.5. The Balaban J connectivity index is 1.58. The average molecular weight is 522 g/mol. The molecule has 0 bridgehead atoms. The van der Waals surface area contributed by atoms with Crippen LogP contribution in [0.25, 0.3) is 0 Å². The predicted octanol–water partition coefficient (Wildman–Crippen LogP) is -0.662. The number of carbonyl (C=O) groups is 4. The molecule has 13 heteroatoms. The van der Waals surface area contributed by atoms with Crippen LogP contribution in [0.5, 0.6) is 0 Å². The zero-order valence-corrected chi connectivity index (χ0v) is 21.3. The van der Waals surface area contributed by atoms with Crippen molar-refractivity contribution in [2.75, 3.05) is 32.7 Å². The lowest BCUT2D eigenvalue weighted by Gasteiger charge is -2.37. The first-order valence-corrected chi connectivity index (χ1v) is 13.3. The van der Waals surface area contributed by atoms with Crippen LogP contribution in [0.4, 0.5) is 0 Å². The van der Waals surface area contributed by atoms with Gasteiger partial charge in [0.25, 0.3) is 16.1 Å². The summed E-state index contributed by atoms with van der Waals surface area (Å²) in [5.74, 6) is -2.20. The lowest BCUT2D eigenvalue weighted by Crippen LogP contribution is -2.56. The van der Waals surface area contributed by atoms with E-state index in [1.54, 1.807) is 36.9 Å². The molecule has 2 fully saturated rings. The molecule has 36 heavy (non-hydrogen) atoms. The van der Waals surface area contributed by atoms with E-state index < -0.39 is 45.8 Å². The first-order valence-electron chi connectivity index (χ1n) is 11.9. The Morgan fingerprint density at radius 2 is 1.89 bits per heavy atom. The number of aromatic nitrogens is 1. The molecule has 0 saturated carbocycles. The number of hydrogen-bond acceptors (Lipinski definition) is 7. The summed E-state index contributed by atoms with van der Waals surface area (Å²) in [5, 5.41) is 2.63. The number of primary amides is 1. The lowest BCUT2D eigenvalue weighted by atomic mass is 10.0. The Morgan fingerprint density at radius 1 is 1.19 bits per heavy atom. The van der Waals surface area contributed by atoms with E-state index >= 15 is 0 Å². The third-order valence-corrected chi connectivity index (χ3v) is 8.66. The van der Waals surface area contributed by atoms with Crippen molar-refractivity contribution in [3.8, 4) is 0 Å². The Kier molecular flexibility index (Phi) is 9.14. The highest BCUT2D eigenvalue weighted by atomic mass is 32.2. The maximum atomic E-state index is 13.4. The van der Waals surface area contributed by atoms with E-state index in [1.165, 1.54) is 21.2 Å². The minimum Gasteiger partial charge on any atom is -0.369 e. The van der Waals surface area contributed by atoms with E-state index in [0.29, 0.717) is 18.5 Å². The van der Waals surface area contributed by atoms with Crippen molar-refractivity contribution >= 4 is 33.7 Å². The zero-order valence-electron chi connectivity index (χ0n) is 20.5. The molecule has 1 radical (unpaired) electrons. The Hall–Kier alpha value is -2.90. The van der Waals surface area contributed by atoms with E-state index in [2.05, 4.69) is 10.3 Å². The largest absolute Gasteiger partial charge is 0.369 e. The number of nitrogens with one attached hydrogen (secondary N) is 1. The first kappa shape index (κ1) is 27.7. The normalized spacial score (nSPS) is 23.1. The maximum absolute atomic E-state index is 13.4. The quantitative estimate of drug-likeness (QED) is 0.458. The number of carbonyl (C=O) groups excluding carboxylic acids is 4. The number of pyridine rings is 1. The molecule has 12 nitrogen and oxygen atoms in total. The highest BCUT2D eigenvalue weighted by molar-refractivity contribution is 7.86. The molecular weight excluding hydrogens is 488 g/mol. The molecule has 3 atom stereocenters. The molecule has 0 spiro atoms. The van der Waals surface area contributed by atoms with Gasteiger partial charge in [-0.15, -0.1) is 0 Å². The minimum atomic E-state index is -3.97. The number of amides is 3. The molecule has 2 aliphatic heterocycles. The fraction of sp³-hybridized carbons (Fsp3) is 0.565. The summed E-state index contributed by atoms with van der Waals surface area (Å²) < 4.78 is 29.3. The molecule has 2 aliphatic rings. The third kappa shape index (κ3) is 6.65. The van der Waals surface area contributed by atoms with Crippen LogP contribution in [0.15, 0.2) is 24.4 Å². The molecule has 197 valence electrons. The van der Waals surface area contributed by atoms with Crippen LogP contribution in [0.2, 0.25) is 0 Å². The van der Waals surface area contributed by atoms with Gasteiger partial charge in [0.15, 0.2) is 5.78 Å². The van der Waals surface area contributed by atoms with Crippen molar-refractivity contribution in [2.45, 2.75) is 45.2 Å². The second kappa shape index (κ2) is 11.9. The van der Waals surface area contributed by atoms with Crippen LogP contribution in [0.1, 0.15) is 43.6 Å². The van der Waals surface area contributed by atoms with Crippen molar-refractivity contribution < 1.29 is 27.6 Å². The topological polar surface area (TPSA) is 163 Å². The van der Waals surface area contributed by atoms with Crippen molar-refractivity contribution in [3.05, 3.63) is 36.5 Å². The second-order valence-corrected chi connectivity index (χ2v) is 11.0. The molecule has 0 aliphatic carbocycles. The van der Waals surface area contributed by atoms with Gasteiger partial charge >= 0.3 is 0 Å². The van der Waals surface area contributed by atoms with Gasteiger partial charge in [0.2, 0.25) is 11.8 Å². The first-order chi connectivity index (χ1) is 17.0. The monoisotopic (exact) mass is 521 g/mol. The van der Waals surface area contributed by atoms with Gasteiger partial charge in [0, 0.05) is 44.3 Å². The van der Waals surface area contributed by atoms with Gasteiger partial charge in [0.1, 0.15) is 5.69 Å².